The van der Waals surface area contributed by atoms with Crippen molar-refractivity contribution in [3.8, 4) is 5.75 Å². The predicted molar refractivity (Wildman–Crippen MR) is 80.0 cm³/mol. The molecule has 0 aromatic heterocycles. The molecule has 1 aliphatic rings. The molecular formula is C17H17NO2. The van der Waals surface area contributed by atoms with Gasteiger partial charge in [-0.05, 0) is 55.2 Å². The number of aldehydes is 1. The Morgan fingerprint density at radius 1 is 1.15 bits per heavy atom. The van der Waals surface area contributed by atoms with E-state index in [1.807, 2.05) is 25.1 Å². The van der Waals surface area contributed by atoms with E-state index in [0.717, 1.165) is 48.2 Å². The molecule has 2 aromatic rings. The molecule has 20 heavy (non-hydrogen) atoms. The van der Waals surface area contributed by atoms with Crippen LogP contribution in [0.4, 0.5) is 11.4 Å². The van der Waals surface area contributed by atoms with E-state index in [1.165, 1.54) is 5.56 Å². The highest BCUT2D eigenvalue weighted by Gasteiger charge is 2.21. The van der Waals surface area contributed by atoms with Gasteiger partial charge in [-0.25, -0.2) is 0 Å². The normalized spacial score (nSPS) is 13.9. The van der Waals surface area contributed by atoms with Gasteiger partial charge in [0.25, 0.3) is 0 Å². The van der Waals surface area contributed by atoms with E-state index in [9.17, 15) is 9.90 Å². The molecule has 0 atom stereocenters. The molecular weight excluding hydrogens is 250 g/mol. The van der Waals surface area contributed by atoms with Crippen molar-refractivity contribution in [2.45, 2.75) is 19.8 Å². The molecule has 3 nitrogen and oxygen atoms in total. The number of rotatable bonds is 2. The van der Waals surface area contributed by atoms with Crippen molar-refractivity contribution in [3.63, 3.8) is 0 Å². The average Bonchev–Trinajstić information content (AvgIpc) is 2.48. The van der Waals surface area contributed by atoms with Gasteiger partial charge in [0.15, 0.2) is 0 Å². The van der Waals surface area contributed by atoms with Gasteiger partial charge >= 0.3 is 0 Å². The summed E-state index contributed by atoms with van der Waals surface area (Å²) < 4.78 is 0. The number of benzene rings is 2. The van der Waals surface area contributed by atoms with E-state index in [0.29, 0.717) is 0 Å². The van der Waals surface area contributed by atoms with Crippen molar-refractivity contribution in [1.82, 2.24) is 0 Å². The summed E-state index contributed by atoms with van der Waals surface area (Å²) in [6.45, 7) is 2.93. The predicted octanol–water partition coefficient (Wildman–Crippen LogP) is 3.60. The van der Waals surface area contributed by atoms with Crippen molar-refractivity contribution in [1.29, 1.82) is 0 Å². The monoisotopic (exact) mass is 267 g/mol. The second-order valence-electron chi connectivity index (χ2n) is 5.18. The van der Waals surface area contributed by atoms with E-state index >= 15 is 0 Å². The molecule has 1 aliphatic heterocycles. The van der Waals surface area contributed by atoms with Crippen LogP contribution in [0.3, 0.4) is 0 Å². The molecule has 0 bridgehead atoms. The highest BCUT2D eigenvalue weighted by Crippen LogP contribution is 2.37. The first-order valence-electron chi connectivity index (χ1n) is 6.85. The summed E-state index contributed by atoms with van der Waals surface area (Å²) in [6, 6.07) is 11.2. The first-order chi connectivity index (χ1) is 9.70. The maximum absolute atomic E-state index is 11.1. The van der Waals surface area contributed by atoms with Crippen LogP contribution in [0, 0.1) is 6.92 Å². The summed E-state index contributed by atoms with van der Waals surface area (Å²) in [5, 5.41) is 9.42. The van der Waals surface area contributed by atoms with Gasteiger partial charge in [-0.15, -0.1) is 0 Å². The summed E-state index contributed by atoms with van der Waals surface area (Å²) >= 11 is 0. The average molecular weight is 267 g/mol. The van der Waals surface area contributed by atoms with Crippen LogP contribution in [0.1, 0.15) is 27.9 Å². The number of hydrogen-bond donors (Lipinski definition) is 1. The van der Waals surface area contributed by atoms with Crippen molar-refractivity contribution in [2.24, 2.45) is 0 Å². The topological polar surface area (TPSA) is 40.5 Å². The van der Waals surface area contributed by atoms with Crippen molar-refractivity contribution in [3.05, 3.63) is 53.1 Å². The Hall–Kier alpha value is -2.29. The molecule has 0 unspecified atom stereocenters. The quantitative estimate of drug-likeness (QED) is 0.845. The van der Waals surface area contributed by atoms with Gasteiger partial charge in [0.05, 0.1) is 0 Å². The molecule has 3 heteroatoms. The third-order valence-corrected chi connectivity index (χ3v) is 3.94. The summed E-state index contributed by atoms with van der Waals surface area (Å²) in [5.74, 6) is 0.268. The number of nitrogens with zero attached hydrogens (tertiary/aromatic N) is 1. The van der Waals surface area contributed by atoms with Crippen molar-refractivity contribution < 1.29 is 9.90 Å². The maximum atomic E-state index is 11.1. The van der Waals surface area contributed by atoms with Gasteiger partial charge in [0.1, 0.15) is 12.0 Å². The molecule has 0 saturated carbocycles. The first-order valence-corrected chi connectivity index (χ1v) is 6.85. The fraction of sp³-hybridized carbons (Fsp3) is 0.235. The minimum Gasteiger partial charge on any atom is -0.508 e. The molecule has 3 rings (SSSR count). The van der Waals surface area contributed by atoms with E-state index in [-0.39, 0.29) is 5.75 Å². The second-order valence-corrected chi connectivity index (χ2v) is 5.18. The number of phenols is 1. The summed E-state index contributed by atoms with van der Waals surface area (Å²) in [7, 11) is 0. The Balaban J connectivity index is 2.13. The zero-order chi connectivity index (χ0) is 14.1. The van der Waals surface area contributed by atoms with Gasteiger partial charge in [0.2, 0.25) is 0 Å². The molecule has 0 fully saturated rings. The molecule has 0 aliphatic carbocycles. The van der Waals surface area contributed by atoms with Gasteiger partial charge in [-0.2, -0.15) is 0 Å². The standard InChI is InChI=1S/C17H17NO2/c1-12-14(11-19)5-4-13-3-2-10-18(17(12)13)15-6-8-16(20)9-7-15/h4-9,11,20H,2-3,10H2,1H3. The van der Waals surface area contributed by atoms with E-state index in [1.54, 1.807) is 12.1 Å². The lowest BCUT2D eigenvalue weighted by molar-refractivity contribution is 0.112. The molecule has 0 amide bonds. The van der Waals surface area contributed by atoms with E-state index in [2.05, 4.69) is 11.0 Å². The number of phenolic OH excluding ortho intramolecular Hbond substituents is 1. The molecule has 0 saturated heterocycles. The highest BCUT2D eigenvalue weighted by molar-refractivity contribution is 5.84. The number of aryl methyl sites for hydroxylation is 1. The van der Waals surface area contributed by atoms with Crippen molar-refractivity contribution in [2.75, 3.05) is 11.4 Å². The third kappa shape index (κ3) is 2.05. The van der Waals surface area contributed by atoms with Crippen LogP contribution in [0.25, 0.3) is 0 Å². The molecule has 1 N–H and O–H groups in total. The van der Waals surface area contributed by atoms with Gasteiger partial charge in [0, 0.05) is 23.5 Å². The molecule has 1 heterocycles. The number of aromatic hydroxyl groups is 1. The summed E-state index contributed by atoms with van der Waals surface area (Å²) in [5.41, 5.74) is 5.26. The molecule has 102 valence electrons. The van der Waals surface area contributed by atoms with Crippen LogP contribution in [0.2, 0.25) is 0 Å². The van der Waals surface area contributed by atoms with Crippen LogP contribution in [0.5, 0.6) is 5.75 Å². The van der Waals surface area contributed by atoms with Gasteiger partial charge in [-0.3, -0.25) is 4.79 Å². The Morgan fingerprint density at radius 2 is 1.90 bits per heavy atom. The van der Waals surface area contributed by atoms with E-state index < -0.39 is 0 Å². The molecule has 0 spiro atoms. The number of hydrogen-bond acceptors (Lipinski definition) is 3. The van der Waals surface area contributed by atoms with Crippen LogP contribution >= 0.6 is 0 Å². The lowest BCUT2D eigenvalue weighted by atomic mass is 9.94. The Labute approximate surface area is 118 Å². The van der Waals surface area contributed by atoms with Crippen LogP contribution in [-0.2, 0) is 6.42 Å². The summed E-state index contributed by atoms with van der Waals surface area (Å²) in [6.07, 6.45) is 3.05. The van der Waals surface area contributed by atoms with Crippen LogP contribution in [-0.4, -0.2) is 17.9 Å². The lowest BCUT2D eigenvalue weighted by Gasteiger charge is -2.33. The van der Waals surface area contributed by atoms with Crippen molar-refractivity contribution >= 4 is 17.7 Å². The molecule has 2 aromatic carbocycles. The first kappa shape index (κ1) is 12.7. The number of carbonyl (C=O) groups excluding carboxylic acids is 1. The minimum absolute atomic E-state index is 0.268. The number of fused-ring (bicyclic) bond motifs is 1. The zero-order valence-electron chi connectivity index (χ0n) is 11.5. The minimum atomic E-state index is 0.268. The zero-order valence-corrected chi connectivity index (χ0v) is 11.5. The summed E-state index contributed by atoms with van der Waals surface area (Å²) in [4.78, 5) is 13.4. The number of carbonyl (C=O) groups is 1. The number of anilines is 2. The van der Waals surface area contributed by atoms with Gasteiger partial charge in [-0.1, -0.05) is 12.1 Å². The second kappa shape index (κ2) is 5.00. The van der Waals surface area contributed by atoms with Gasteiger partial charge < -0.3 is 10.0 Å². The van der Waals surface area contributed by atoms with Crippen LogP contribution in [0.15, 0.2) is 36.4 Å². The lowest BCUT2D eigenvalue weighted by Crippen LogP contribution is -2.25. The fourth-order valence-corrected chi connectivity index (χ4v) is 2.91. The Morgan fingerprint density at radius 3 is 2.60 bits per heavy atom. The fourth-order valence-electron chi connectivity index (χ4n) is 2.91. The highest BCUT2D eigenvalue weighted by atomic mass is 16.3. The third-order valence-electron chi connectivity index (χ3n) is 3.94. The Kier molecular flexibility index (Phi) is 3.18. The van der Waals surface area contributed by atoms with E-state index in [4.69, 9.17) is 0 Å². The maximum Gasteiger partial charge on any atom is 0.150 e. The smallest absolute Gasteiger partial charge is 0.150 e. The largest absolute Gasteiger partial charge is 0.508 e. The van der Waals surface area contributed by atoms with Crippen LogP contribution < -0.4 is 4.90 Å². The Bertz CT molecular complexity index is 647. The molecule has 0 radical (unpaired) electrons. The SMILES string of the molecule is Cc1c(C=O)ccc2c1N(c1ccc(O)cc1)CCC2.